The molecule has 0 fully saturated rings. The highest BCUT2D eigenvalue weighted by atomic mass is 35.5. The molecule has 58 heavy (non-hydrogen) atoms. The van der Waals surface area contributed by atoms with Gasteiger partial charge in [0.05, 0.1) is 5.69 Å². The molecule has 4 rings (SSSR count). The quantitative estimate of drug-likeness (QED) is 0.0431. The van der Waals surface area contributed by atoms with Gasteiger partial charge in [0, 0.05) is 36.9 Å². The Kier molecular flexibility index (Phi) is 18.7. The van der Waals surface area contributed by atoms with Crippen molar-refractivity contribution in [1.29, 1.82) is 0 Å². The van der Waals surface area contributed by atoms with E-state index in [2.05, 4.69) is 45.0 Å². The Balaban J connectivity index is 1.38. The number of carbonyl (C=O) groups is 4. The molecule has 0 radical (unpaired) electrons. The molecule has 13 heteroatoms. The third-order valence-corrected chi connectivity index (χ3v) is 11.5. The van der Waals surface area contributed by atoms with E-state index in [0.717, 1.165) is 62.6 Å². The summed E-state index contributed by atoms with van der Waals surface area (Å²) in [6.07, 6.45) is 10.1. The predicted molar refractivity (Wildman–Crippen MR) is 228 cm³/mol. The Morgan fingerprint density at radius 2 is 1.52 bits per heavy atom. The van der Waals surface area contributed by atoms with Crippen LogP contribution in [0.1, 0.15) is 147 Å². The number of H-pyrrole nitrogens is 1. The molecule has 5 unspecified atom stereocenters. The number of benzene rings is 2. The lowest BCUT2D eigenvalue weighted by molar-refractivity contribution is -0.137. The number of aromatic nitrogens is 4. The van der Waals surface area contributed by atoms with Crippen LogP contribution in [0.5, 0.6) is 5.75 Å². The number of hydrogen-bond acceptors (Lipinski definition) is 7. The molecule has 0 saturated carbocycles. The van der Waals surface area contributed by atoms with E-state index < -0.39 is 18.0 Å². The number of ether oxygens (including phenoxy) is 1. The fourth-order valence-corrected chi connectivity index (χ4v) is 7.97. The average molecular weight is 819 g/mol. The fourth-order valence-electron chi connectivity index (χ4n) is 7.81. The SMILES string of the molecule is CCC(Oc1ccc(NC(=O)C(CC)C(CC(C)=O)CC(CC(C)c2ccccc2)C(=O)NCCCCCCCCCCC(=O)O)cc1)c1nnc2c(Cl)c(C)[nH]n12. The van der Waals surface area contributed by atoms with Crippen molar-refractivity contribution in [2.24, 2.45) is 17.8 Å². The number of nitrogens with zero attached hydrogens (tertiary/aromatic N) is 3. The molecule has 0 aliphatic heterocycles. The van der Waals surface area contributed by atoms with Crippen LogP contribution >= 0.6 is 11.6 Å². The molecule has 2 heterocycles. The van der Waals surface area contributed by atoms with Crippen molar-refractivity contribution in [3.8, 4) is 5.75 Å². The number of fused-ring (bicyclic) bond motifs is 1. The lowest BCUT2D eigenvalue weighted by atomic mass is 9.76. The lowest BCUT2D eigenvalue weighted by Crippen LogP contribution is -2.37. The van der Waals surface area contributed by atoms with Gasteiger partial charge in [-0.25, -0.2) is 4.52 Å². The van der Waals surface area contributed by atoms with Gasteiger partial charge in [-0.3, -0.25) is 19.5 Å². The van der Waals surface area contributed by atoms with Crippen LogP contribution in [-0.4, -0.2) is 55.0 Å². The van der Waals surface area contributed by atoms with Crippen LogP contribution in [-0.2, 0) is 19.2 Å². The van der Waals surface area contributed by atoms with E-state index >= 15 is 0 Å². The van der Waals surface area contributed by atoms with Gasteiger partial charge in [-0.05, 0) is 94.0 Å². The zero-order chi connectivity index (χ0) is 42.0. The first kappa shape index (κ1) is 46.0. The van der Waals surface area contributed by atoms with Crippen molar-refractivity contribution in [1.82, 2.24) is 25.1 Å². The average Bonchev–Trinajstić information content (AvgIpc) is 3.74. The van der Waals surface area contributed by atoms with E-state index in [1.165, 1.54) is 0 Å². The van der Waals surface area contributed by atoms with Crippen LogP contribution in [0.25, 0.3) is 5.65 Å². The maximum Gasteiger partial charge on any atom is 0.303 e. The van der Waals surface area contributed by atoms with Gasteiger partial charge in [0.25, 0.3) is 0 Å². The molecule has 4 aromatic rings. The van der Waals surface area contributed by atoms with Crippen LogP contribution < -0.4 is 15.4 Å². The molecule has 12 nitrogen and oxygen atoms in total. The molecule has 2 aromatic carbocycles. The van der Waals surface area contributed by atoms with Crippen molar-refractivity contribution < 1.29 is 29.0 Å². The summed E-state index contributed by atoms with van der Waals surface area (Å²) in [5.41, 5.74) is 3.08. The number of unbranched alkanes of at least 4 members (excludes halogenated alkanes) is 7. The van der Waals surface area contributed by atoms with Crippen molar-refractivity contribution in [2.45, 2.75) is 137 Å². The molecular weight excluding hydrogens is 756 g/mol. The second-order valence-corrected chi connectivity index (χ2v) is 16.1. The van der Waals surface area contributed by atoms with Crippen molar-refractivity contribution in [3.63, 3.8) is 0 Å². The second kappa shape index (κ2) is 23.6. The number of carboxylic acid groups (broad SMARTS) is 1. The zero-order valence-corrected chi connectivity index (χ0v) is 35.7. The van der Waals surface area contributed by atoms with Crippen LogP contribution in [0.3, 0.4) is 0 Å². The number of carboxylic acids is 1. The minimum atomic E-state index is -0.735. The predicted octanol–water partition coefficient (Wildman–Crippen LogP) is 10.0. The van der Waals surface area contributed by atoms with E-state index in [1.807, 2.05) is 39.0 Å². The maximum atomic E-state index is 14.0. The molecular formula is C45H63ClN6O6. The van der Waals surface area contributed by atoms with Gasteiger partial charge >= 0.3 is 5.97 Å². The van der Waals surface area contributed by atoms with Gasteiger partial charge in [0.1, 0.15) is 16.6 Å². The summed E-state index contributed by atoms with van der Waals surface area (Å²) in [7, 11) is 0. The molecule has 2 amide bonds. The van der Waals surface area contributed by atoms with E-state index in [4.69, 9.17) is 21.4 Å². The summed E-state index contributed by atoms with van der Waals surface area (Å²) in [5.74, 6) is -0.848. The molecule has 316 valence electrons. The minimum Gasteiger partial charge on any atom is -0.482 e. The molecule has 0 aliphatic carbocycles. The van der Waals surface area contributed by atoms with Crippen LogP contribution in [0.4, 0.5) is 5.69 Å². The number of aromatic amines is 1. The number of ketones is 1. The summed E-state index contributed by atoms with van der Waals surface area (Å²) in [4.78, 5) is 51.3. The number of hydrogen-bond donors (Lipinski definition) is 4. The van der Waals surface area contributed by atoms with Crippen molar-refractivity contribution in [3.05, 3.63) is 76.7 Å². The monoisotopic (exact) mass is 818 g/mol. The molecule has 4 N–H and O–H groups in total. The van der Waals surface area contributed by atoms with E-state index in [0.29, 0.717) is 60.2 Å². The number of anilines is 1. The topological polar surface area (TPSA) is 168 Å². The smallest absolute Gasteiger partial charge is 0.303 e. The Morgan fingerprint density at radius 1 is 0.862 bits per heavy atom. The number of nitrogens with one attached hydrogen (secondary N) is 3. The number of aliphatic carboxylic acids is 1. The van der Waals surface area contributed by atoms with E-state index in [9.17, 15) is 19.2 Å². The third-order valence-electron chi connectivity index (χ3n) is 11.0. The molecule has 0 bridgehead atoms. The van der Waals surface area contributed by atoms with Gasteiger partial charge in [0.2, 0.25) is 11.8 Å². The van der Waals surface area contributed by atoms with Crippen LogP contribution in [0.15, 0.2) is 54.6 Å². The highest BCUT2D eigenvalue weighted by Crippen LogP contribution is 2.34. The first-order chi connectivity index (χ1) is 27.9. The van der Waals surface area contributed by atoms with Gasteiger partial charge in [0.15, 0.2) is 17.6 Å². The van der Waals surface area contributed by atoms with Gasteiger partial charge in [-0.15, -0.1) is 10.2 Å². The van der Waals surface area contributed by atoms with Gasteiger partial charge < -0.3 is 25.3 Å². The Labute approximate surface area is 348 Å². The van der Waals surface area contributed by atoms with E-state index in [1.54, 1.807) is 35.7 Å². The highest BCUT2D eigenvalue weighted by molar-refractivity contribution is 6.34. The lowest BCUT2D eigenvalue weighted by Gasteiger charge is -2.30. The Bertz CT molecular complexity index is 1890. The Morgan fingerprint density at radius 3 is 2.14 bits per heavy atom. The molecule has 5 atom stereocenters. The van der Waals surface area contributed by atoms with Crippen LogP contribution in [0.2, 0.25) is 5.02 Å². The number of Topliss-reactive ketones (excluding diaryl/α,β-unsaturated/α-hetero) is 1. The summed E-state index contributed by atoms with van der Waals surface area (Å²) in [6.45, 7) is 10.1. The number of amides is 2. The van der Waals surface area contributed by atoms with Crippen molar-refractivity contribution >= 4 is 46.5 Å². The number of halogens is 1. The fraction of sp³-hybridized carbons (Fsp3) is 0.556. The largest absolute Gasteiger partial charge is 0.482 e. The molecule has 0 aliphatic rings. The zero-order valence-electron chi connectivity index (χ0n) is 34.9. The molecule has 2 aromatic heterocycles. The molecule has 0 spiro atoms. The highest BCUT2D eigenvalue weighted by Gasteiger charge is 2.33. The summed E-state index contributed by atoms with van der Waals surface area (Å²) < 4.78 is 8.03. The first-order valence-electron chi connectivity index (χ1n) is 21.1. The summed E-state index contributed by atoms with van der Waals surface area (Å²) >= 11 is 6.36. The summed E-state index contributed by atoms with van der Waals surface area (Å²) in [5, 5.41) is 27.3. The van der Waals surface area contributed by atoms with Crippen LogP contribution in [0, 0.1) is 24.7 Å². The number of carbonyl (C=O) groups excluding carboxylic acids is 3. The summed E-state index contributed by atoms with van der Waals surface area (Å²) in [6, 6.07) is 17.3. The molecule has 0 saturated heterocycles. The second-order valence-electron chi connectivity index (χ2n) is 15.7. The van der Waals surface area contributed by atoms with E-state index in [-0.39, 0.29) is 48.2 Å². The minimum absolute atomic E-state index is 0.0119. The Hall–Kier alpha value is -4.71. The number of rotatable bonds is 27. The van der Waals surface area contributed by atoms with Gasteiger partial charge in [-0.2, -0.15) is 0 Å². The third kappa shape index (κ3) is 14.0. The number of aryl methyl sites for hydroxylation is 1. The normalized spacial score (nSPS) is 14.0. The maximum absolute atomic E-state index is 14.0. The standard InChI is InChI=1S/C45H63ClN6O6/c1-6-38(45(57)48-36-22-24-37(25-23-36)58-39(7-2)42-49-50-43-41(46)32(5)51-52(42)43)34(28-31(4)53)29-35(27-30(3)33-19-15-14-16-20-33)44(56)47-26-18-13-11-9-8-10-12-17-21-40(54)55/h14-16,19-20,22-25,30,34-35,38-39,51H,6-13,17-18,21,26-29H2,1-5H3,(H,47,56)(H,48,57)(H,54,55). The van der Waals surface area contributed by atoms with Gasteiger partial charge in [-0.1, -0.05) is 101 Å². The van der Waals surface area contributed by atoms with Crippen molar-refractivity contribution in [2.75, 3.05) is 11.9 Å². The first-order valence-corrected chi connectivity index (χ1v) is 21.5.